The fourth-order valence-electron chi connectivity index (χ4n) is 1.07. The van der Waals surface area contributed by atoms with Crippen molar-refractivity contribution in [1.29, 1.82) is 0 Å². The molecular weight excluding hydrogens is 182 g/mol. The third-order valence-electron chi connectivity index (χ3n) is 1.83. The van der Waals surface area contributed by atoms with Gasteiger partial charge in [0.05, 0.1) is 11.1 Å². The number of aldehydes is 1. The lowest BCUT2D eigenvalue weighted by atomic mass is 10.1. The average molecular weight is 193 g/mol. The SMILES string of the molecule is CN(C)C(=O)c1cccc(C=O)c1O. The molecule has 0 aliphatic rings. The molecule has 1 N–H and O–H groups in total. The Bertz CT molecular complexity index is 372. The molecule has 0 aliphatic heterocycles. The second kappa shape index (κ2) is 3.91. The molecule has 0 bridgehead atoms. The standard InChI is InChI=1S/C10H11NO3/c1-11(2)10(14)8-5-3-4-7(6-12)9(8)13/h3-6,13H,1-2H3. The highest BCUT2D eigenvalue weighted by Crippen LogP contribution is 2.21. The number of benzene rings is 1. The number of phenols is 1. The normalized spacial score (nSPS) is 9.57. The Labute approximate surface area is 81.8 Å². The first-order valence-corrected chi connectivity index (χ1v) is 4.06. The van der Waals surface area contributed by atoms with Gasteiger partial charge in [0, 0.05) is 14.1 Å². The molecule has 0 heterocycles. The first-order valence-electron chi connectivity index (χ1n) is 4.06. The molecule has 4 nitrogen and oxygen atoms in total. The first kappa shape index (κ1) is 10.2. The molecule has 74 valence electrons. The van der Waals surface area contributed by atoms with Crippen LogP contribution in [-0.4, -0.2) is 36.3 Å². The lowest BCUT2D eigenvalue weighted by Crippen LogP contribution is -2.21. The Balaban J connectivity index is 3.22. The van der Waals surface area contributed by atoms with Crippen LogP contribution in [0.25, 0.3) is 0 Å². The van der Waals surface area contributed by atoms with Gasteiger partial charge >= 0.3 is 0 Å². The fraction of sp³-hybridized carbons (Fsp3) is 0.200. The van der Waals surface area contributed by atoms with Crippen LogP contribution in [0.4, 0.5) is 0 Å². The minimum absolute atomic E-state index is 0.123. The van der Waals surface area contributed by atoms with Crippen molar-refractivity contribution < 1.29 is 14.7 Å². The van der Waals surface area contributed by atoms with Crippen LogP contribution in [0.5, 0.6) is 5.75 Å². The number of nitrogens with zero attached hydrogens (tertiary/aromatic N) is 1. The van der Waals surface area contributed by atoms with Crippen LogP contribution in [-0.2, 0) is 0 Å². The summed E-state index contributed by atoms with van der Waals surface area (Å²) in [4.78, 5) is 23.3. The molecular formula is C10H11NO3. The number of carbonyl (C=O) groups excluding carboxylic acids is 2. The monoisotopic (exact) mass is 193 g/mol. The van der Waals surface area contributed by atoms with E-state index in [1.165, 1.54) is 17.0 Å². The van der Waals surface area contributed by atoms with Crippen LogP contribution in [0.1, 0.15) is 20.7 Å². The Morgan fingerprint density at radius 1 is 1.43 bits per heavy atom. The van der Waals surface area contributed by atoms with Crippen LogP contribution in [0, 0.1) is 0 Å². The highest BCUT2D eigenvalue weighted by atomic mass is 16.3. The maximum atomic E-state index is 11.5. The number of carbonyl (C=O) groups is 2. The van der Waals surface area contributed by atoms with Crippen molar-refractivity contribution in [1.82, 2.24) is 4.90 Å². The zero-order valence-corrected chi connectivity index (χ0v) is 8.02. The van der Waals surface area contributed by atoms with Gasteiger partial charge in [0.2, 0.25) is 0 Å². The predicted octanol–water partition coefficient (Wildman–Crippen LogP) is 0.907. The van der Waals surface area contributed by atoms with E-state index in [-0.39, 0.29) is 22.8 Å². The van der Waals surface area contributed by atoms with Gasteiger partial charge in [0.1, 0.15) is 5.75 Å². The number of amides is 1. The molecule has 0 radical (unpaired) electrons. The van der Waals surface area contributed by atoms with Crippen LogP contribution in [0.3, 0.4) is 0 Å². The number of phenolic OH excluding ortho intramolecular Hbond substituents is 1. The molecule has 1 aromatic rings. The van der Waals surface area contributed by atoms with E-state index in [1.807, 2.05) is 0 Å². The fourth-order valence-corrected chi connectivity index (χ4v) is 1.07. The highest BCUT2D eigenvalue weighted by Gasteiger charge is 2.14. The molecule has 1 rings (SSSR count). The van der Waals surface area contributed by atoms with Crippen molar-refractivity contribution in [2.45, 2.75) is 0 Å². The number of hydrogen-bond donors (Lipinski definition) is 1. The Morgan fingerprint density at radius 2 is 2.07 bits per heavy atom. The van der Waals surface area contributed by atoms with Crippen molar-refractivity contribution in [2.75, 3.05) is 14.1 Å². The molecule has 0 saturated carbocycles. The zero-order chi connectivity index (χ0) is 10.7. The van der Waals surface area contributed by atoms with Gasteiger partial charge in [-0.15, -0.1) is 0 Å². The molecule has 0 spiro atoms. The van der Waals surface area contributed by atoms with Crippen molar-refractivity contribution in [2.24, 2.45) is 0 Å². The van der Waals surface area contributed by atoms with E-state index in [2.05, 4.69) is 0 Å². The molecule has 0 atom stereocenters. The Kier molecular flexibility index (Phi) is 2.86. The molecule has 0 unspecified atom stereocenters. The molecule has 0 aliphatic carbocycles. The maximum Gasteiger partial charge on any atom is 0.257 e. The Hall–Kier alpha value is -1.84. The second-order valence-corrected chi connectivity index (χ2v) is 3.06. The van der Waals surface area contributed by atoms with Crippen molar-refractivity contribution in [3.8, 4) is 5.75 Å². The number of hydrogen-bond acceptors (Lipinski definition) is 3. The van der Waals surface area contributed by atoms with E-state index in [1.54, 1.807) is 20.2 Å². The van der Waals surface area contributed by atoms with Crippen molar-refractivity contribution in [3.05, 3.63) is 29.3 Å². The van der Waals surface area contributed by atoms with E-state index in [0.29, 0.717) is 6.29 Å². The van der Waals surface area contributed by atoms with Gasteiger partial charge in [-0.2, -0.15) is 0 Å². The summed E-state index contributed by atoms with van der Waals surface area (Å²) >= 11 is 0. The summed E-state index contributed by atoms with van der Waals surface area (Å²) in [6.45, 7) is 0. The minimum atomic E-state index is -0.328. The first-order chi connectivity index (χ1) is 6.57. The van der Waals surface area contributed by atoms with Crippen LogP contribution >= 0.6 is 0 Å². The summed E-state index contributed by atoms with van der Waals surface area (Å²) in [6, 6.07) is 4.49. The van der Waals surface area contributed by atoms with Crippen molar-refractivity contribution in [3.63, 3.8) is 0 Å². The highest BCUT2D eigenvalue weighted by molar-refractivity contribution is 5.99. The summed E-state index contributed by atoms with van der Waals surface area (Å²) in [6.07, 6.45) is 0.516. The van der Waals surface area contributed by atoms with Crippen LogP contribution < -0.4 is 0 Å². The average Bonchev–Trinajstić information content (AvgIpc) is 2.17. The maximum absolute atomic E-state index is 11.5. The van der Waals surface area contributed by atoms with Crippen LogP contribution in [0.15, 0.2) is 18.2 Å². The minimum Gasteiger partial charge on any atom is -0.506 e. The van der Waals surface area contributed by atoms with E-state index in [9.17, 15) is 14.7 Å². The van der Waals surface area contributed by atoms with E-state index in [0.717, 1.165) is 0 Å². The molecule has 14 heavy (non-hydrogen) atoms. The molecule has 1 aromatic carbocycles. The van der Waals surface area contributed by atoms with Gasteiger partial charge in [0.25, 0.3) is 5.91 Å². The van der Waals surface area contributed by atoms with Gasteiger partial charge in [-0.1, -0.05) is 6.07 Å². The molecule has 0 saturated heterocycles. The van der Waals surface area contributed by atoms with Gasteiger partial charge in [-0.3, -0.25) is 9.59 Å². The number of para-hydroxylation sites is 1. The molecule has 0 aromatic heterocycles. The summed E-state index contributed by atoms with van der Waals surface area (Å²) in [5, 5.41) is 9.53. The topological polar surface area (TPSA) is 57.6 Å². The number of rotatable bonds is 2. The van der Waals surface area contributed by atoms with Gasteiger partial charge in [-0.25, -0.2) is 0 Å². The van der Waals surface area contributed by atoms with E-state index >= 15 is 0 Å². The van der Waals surface area contributed by atoms with E-state index < -0.39 is 0 Å². The second-order valence-electron chi connectivity index (χ2n) is 3.06. The Morgan fingerprint density at radius 3 is 2.57 bits per heavy atom. The van der Waals surface area contributed by atoms with Gasteiger partial charge in [0.15, 0.2) is 6.29 Å². The van der Waals surface area contributed by atoms with Gasteiger partial charge in [-0.05, 0) is 12.1 Å². The van der Waals surface area contributed by atoms with E-state index in [4.69, 9.17) is 0 Å². The smallest absolute Gasteiger partial charge is 0.257 e. The summed E-state index contributed by atoms with van der Waals surface area (Å²) in [7, 11) is 3.16. The van der Waals surface area contributed by atoms with Crippen molar-refractivity contribution >= 4 is 12.2 Å². The quantitative estimate of drug-likeness (QED) is 0.710. The molecule has 4 heteroatoms. The predicted molar refractivity (Wildman–Crippen MR) is 51.5 cm³/mol. The lowest BCUT2D eigenvalue weighted by molar-refractivity contribution is 0.0824. The molecule has 1 amide bonds. The van der Waals surface area contributed by atoms with Gasteiger partial charge < -0.3 is 10.0 Å². The summed E-state index contributed by atoms with van der Waals surface area (Å²) in [5.74, 6) is -0.590. The number of aromatic hydroxyl groups is 1. The third-order valence-corrected chi connectivity index (χ3v) is 1.83. The summed E-state index contributed by atoms with van der Waals surface area (Å²) < 4.78 is 0. The lowest BCUT2D eigenvalue weighted by Gasteiger charge is -2.11. The molecule has 0 fully saturated rings. The van der Waals surface area contributed by atoms with Crippen LogP contribution in [0.2, 0.25) is 0 Å². The zero-order valence-electron chi connectivity index (χ0n) is 8.02. The summed E-state index contributed by atoms with van der Waals surface area (Å²) in [5.41, 5.74) is 0.261. The third kappa shape index (κ3) is 1.74. The largest absolute Gasteiger partial charge is 0.506 e.